The van der Waals surface area contributed by atoms with Crippen LogP contribution in [-0.2, 0) is 9.53 Å². The van der Waals surface area contributed by atoms with Gasteiger partial charge >= 0.3 is 5.97 Å². The summed E-state index contributed by atoms with van der Waals surface area (Å²) in [5.74, 6) is -2.04. The zero-order valence-electron chi connectivity index (χ0n) is 11.5. The van der Waals surface area contributed by atoms with E-state index in [4.69, 9.17) is 9.84 Å². The molecule has 1 atom stereocenters. The fourth-order valence-corrected chi connectivity index (χ4v) is 1.72. The van der Waals surface area contributed by atoms with Crippen molar-refractivity contribution in [3.63, 3.8) is 0 Å². The standard InChI is InChI=1S/C14H18FNO4/c1-9-8-10(5-6-11(9)15)13(17)16-12(14(18)19)4-3-7-20-2/h5-6,8,12H,3-4,7H2,1-2H3,(H,16,17)(H,18,19). The molecule has 0 aromatic heterocycles. The molecule has 1 unspecified atom stereocenters. The fraction of sp³-hybridized carbons (Fsp3) is 0.429. The van der Waals surface area contributed by atoms with Crippen LogP contribution in [-0.4, -0.2) is 36.7 Å². The summed E-state index contributed by atoms with van der Waals surface area (Å²) in [5.41, 5.74) is 0.575. The molecule has 0 aliphatic rings. The molecule has 0 radical (unpaired) electrons. The number of benzene rings is 1. The number of rotatable bonds is 7. The molecule has 1 aromatic rings. The van der Waals surface area contributed by atoms with Crippen molar-refractivity contribution in [3.8, 4) is 0 Å². The first-order valence-electron chi connectivity index (χ1n) is 6.24. The van der Waals surface area contributed by atoms with E-state index in [9.17, 15) is 14.0 Å². The molecule has 1 aromatic carbocycles. The van der Waals surface area contributed by atoms with E-state index in [0.29, 0.717) is 18.6 Å². The maximum atomic E-state index is 13.1. The number of ether oxygens (including phenoxy) is 1. The van der Waals surface area contributed by atoms with Crippen molar-refractivity contribution in [2.45, 2.75) is 25.8 Å². The Morgan fingerprint density at radius 1 is 1.45 bits per heavy atom. The molecule has 110 valence electrons. The minimum atomic E-state index is -1.10. The number of aryl methyl sites for hydroxylation is 1. The second kappa shape index (κ2) is 7.59. The molecule has 2 N–H and O–H groups in total. The van der Waals surface area contributed by atoms with Crippen LogP contribution in [0.2, 0.25) is 0 Å². The Labute approximate surface area is 116 Å². The number of aliphatic carboxylic acids is 1. The minimum absolute atomic E-state index is 0.238. The van der Waals surface area contributed by atoms with Gasteiger partial charge in [-0.05, 0) is 43.5 Å². The Bertz CT molecular complexity index is 490. The van der Waals surface area contributed by atoms with E-state index in [2.05, 4.69) is 5.32 Å². The van der Waals surface area contributed by atoms with Gasteiger partial charge in [0.2, 0.25) is 0 Å². The highest BCUT2D eigenvalue weighted by Gasteiger charge is 2.20. The van der Waals surface area contributed by atoms with Crippen LogP contribution < -0.4 is 5.32 Å². The molecule has 1 amide bonds. The van der Waals surface area contributed by atoms with Gasteiger partial charge in [-0.15, -0.1) is 0 Å². The number of methoxy groups -OCH3 is 1. The van der Waals surface area contributed by atoms with Crippen LogP contribution in [0, 0.1) is 12.7 Å². The Balaban J connectivity index is 2.69. The van der Waals surface area contributed by atoms with Crippen LogP contribution in [0.5, 0.6) is 0 Å². The molecule has 0 bridgehead atoms. The van der Waals surface area contributed by atoms with Crippen LogP contribution in [0.4, 0.5) is 4.39 Å². The topological polar surface area (TPSA) is 75.6 Å². The average Bonchev–Trinajstić information content (AvgIpc) is 2.40. The van der Waals surface area contributed by atoms with E-state index in [1.165, 1.54) is 25.3 Å². The molecule has 0 heterocycles. The number of hydrogen-bond donors (Lipinski definition) is 2. The van der Waals surface area contributed by atoms with Crippen LogP contribution in [0.25, 0.3) is 0 Å². The fourth-order valence-electron chi connectivity index (χ4n) is 1.72. The zero-order valence-corrected chi connectivity index (χ0v) is 11.5. The summed E-state index contributed by atoms with van der Waals surface area (Å²) in [6.07, 6.45) is 0.797. The van der Waals surface area contributed by atoms with Crippen molar-refractivity contribution in [2.75, 3.05) is 13.7 Å². The number of hydrogen-bond acceptors (Lipinski definition) is 3. The third kappa shape index (κ3) is 4.62. The first kappa shape index (κ1) is 16.1. The number of amides is 1. The molecule has 6 heteroatoms. The number of nitrogens with one attached hydrogen (secondary N) is 1. The second-order valence-electron chi connectivity index (χ2n) is 4.46. The van der Waals surface area contributed by atoms with Crippen molar-refractivity contribution >= 4 is 11.9 Å². The molecule has 0 aliphatic heterocycles. The summed E-state index contributed by atoms with van der Waals surface area (Å²) in [6, 6.07) is 2.91. The number of carbonyl (C=O) groups excluding carboxylic acids is 1. The van der Waals surface area contributed by atoms with E-state index in [1.807, 2.05) is 0 Å². The summed E-state index contributed by atoms with van der Waals surface area (Å²) in [5, 5.41) is 11.5. The highest BCUT2D eigenvalue weighted by molar-refractivity contribution is 5.96. The monoisotopic (exact) mass is 283 g/mol. The van der Waals surface area contributed by atoms with Gasteiger partial charge in [0.15, 0.2) is 0 Å². The largest absolute Gasteiger partial charge is 0.480 e. The highest BCUT2D eigenvalue weighted by Crippen LogP contribution is 2.10. The lowest BCUT2D eigenvalue weighted by molar-refractivity contribution is -0.139. The molecule has 5 nitrogen and oxygen atoms in total. The molecular formula is C14H18FNO4. The van der Waals surface area contributed by atoms with Crippen molar-refractivity contribution in [1.29, 1.82) is 0 Å². The van der Waals surface area contributed by atoms with Crippen LogP contribution in [0.1, 0.15) is 28.8 Å². The highest BCUT2D eigenvalue weighted by atomic mass is 19.1. The summed E-state index contributed by atoms with van der Waals surface area (Å²) in [4.78, 5) is 23.0. The van der Waals surface area contributed by atoms with Crippen LogP contribution >= 0.6 is 0 Å². The third-order valence-electron chi connectivity index (χ3n) is 2.86. The molecule has 0 saturated carbocycles. The third-order valence-corrected chi connectivity index (χ3v) is 2.86. The lowest BCUT2D eigenvalue weighted by Gasteiger charge is -2.14. The van der Waals surface area contributed by atoms with Gasteiger partial charge < -0.3 is 15.2 Å². The number of carboxylic acid groups (broad SMARTS) is 1. The lowest BCUT2D eigenvalue weighted by Crippen LogP contribution is -2.40. The van der Waals surface area contributed by atoms with Gasteiger partial charge in [-0.2, -0.15) is 0 Å². The molecule has 20 heavy (non-hydrogen) atoms. The van der Waals surface area contributed by atoms with E-state index in [1.54, 1.807) is 6.92 Å². The normalized spacial score (nSPS) is 11.9. The van der Waals surface area contributed by atoms with Gasteiger partial charge in [0.05, 0.1) is 0 Å². The molecule has 0 aliphatic carbocycles. The molecule has 0 saturated heterocycles. The summed E-state index contributed by atoms with van der Waals surface area (Å²) in [6.45, 7) is 1.97. The average molecular weight is 283 g/mol. The quantitative estimate of drug-likeness (QED) is 0.747. The van der Waals surface area contributed by atoms with Gasteiger partial charge in [-0.25, -0.2) is 9.18 Å². The number of halogens is 1. The van der Waals surface area contributed by atoms with Gasteiger partial charge in [-0.1, -0.05) is 0 Å². The first-order valence-corrected chi connectivity index (χ1v) is 6.24. The van der Waals surface area contributed by atoms with Crippen LogP contribution in [0.15, 0.2) is 18.2 Å². The predicted molar refractivity (Wildman–Crippen MR) is 71.1 cm³/mol. The second-order valence-corrected chi connectivity index (χ2v) is 4.46. The zero-order chi connectivity index (χ0) is 15.1. The lowest BCUT2D eigenvalue weighted by atomic mass is 10.1. The Hall–Kier alpha value is -1.95. The number of carbonyl (C=O) groups is 2. The summed E-state index contributed by atoms with van der Waals surface area (Å²) < 4.78 is 18.0. The minimum Gasteiger partial charge on any atom is -0.480 e. The van der Waals surface area contributed by atoms with E-state index >= 15 is 0 Å². The van der Waals surface area contributed by atoms with Gasteiger partial charge in [-0.3, -0.25) is 4.79 Å². The Morgan fingerprint density at radius 3 is 2.70 bits per heavy atom. The first-order chi connectivity index (χ1) is 9.45. The van der Waals surface area contributed by atoms with Gasteiger partial charge in [0, 0.05) is 19.3 Å². The van der Waals surface area contributed by atoms with Crippen molar-refractivity contribution in [1.82, 2.24) is 5.32 Å². The summed E-state index contributed by atoms with van der Waals surface area (Å²) >= 11 is 0. The van der Waals surface area contributed by atoms with E-state index in [0.717, 1.165) is 0 Å². The maximum Gasteiger partial charge on any atom is 0.326 e. The van der Waals surface area contributed by atoms with Crippen molar-refractivity contribution < 1.29 is 23.8 Å². The van der Waals surface area contributed by atoms with Crippen molar-refractivity contribution in [3.05, 3.63) is 35.1 Å². The smallest absolute Gasteiger partial charge is 0.326 e. The van der Waals surface area contributed by atoms with Gasteiger partial charge in [0.1, 0.15) is 11.9 Å². The number of carboxylic acids is 1. The summed E-state index contributed by atoms with van der Waals surface area (Å²) in [7, 11) is 1.52. The van der Waals surface area contributed by atoms with E-state index in [-0.39, 0.29) is 12.0 Å². The molecule has 1 rings (SSSR count). The Morgan fingerprint density at radius 2 is 2.15 bits per heavy atom. The molecular weight excluding hydrogens is 265 g/mol. The molecule has 0 spiro atoms. The maximum absolute atomic E-state index is 13.1. The van der Waals surface area contributed by atoms with Crippen LogP contribution in [0.3, 0.4) is 0 Å². The van der Waals surface area contributed by atoms with Crippen molar-refractivity contribution in [2.24, 2.45) is 0 Å². The molecule has 0 fully saturated rings. The Kier molecular flexibility index (Phi) is 6.11. The van der Waals surface area contributed by atoms with E-state index < -0.39 is 23.7 Å². The predicted octanol–water partition coefficient (Wildman–Crippen LogP) is 1.74. The van der Waals surface area contributed by atoms with Gasteiger partial charge in [0.25, 0.3) is 5.91 Å². The SMILES string of the molecule is COCCCC(NC(=O)c1ccc(F)c(C)c1)C(=O)O.